The molecule has 0 unspecified atom stereocenters. The normalized spacial score (nSPS) is 17.5. The van der Waals surface area contributed by atoms with E-state index in [4.69, 9.17) is 0 Å². The van der Waals surface area contributed by atoms with Crippen molar-refractivity contribution >= 4 is 11.5 Å². The molecule has 0 amide bonds. The largest absolute Gasteiger partial charge is 0.237 e. The molecule has 2 nitrogen and oxygen atoms in total. The number of rotatable bonds is 0. The summed E-state index contributed by atoms with van der Waals surface area (Å²) >= 11 is 0. The van der Waals surface area contributed by atoms with Crippen LogP contribution in [0.15, 0.2) is 47.1 Å². The zero-order chi connectivity index (χ0) is 8.67. The smallest absolute Gasteiger partial charge is 0.155 e. The van der Waals surface area contributed by atoms with Crippen molar-refractivity contribution in [2.45, 2.75) is 6.42 Å². The van der Waals surface area contributed by atoms with E-state index in [-0.39, 0.29) is 0 Å². The minimum Gasteiger partial charge on any atom is -0.237 e. The van der Waals surface area contributed by atoms with Crippen LogP contribution in [0.2, 0.25) is 0 Å². The standard InChI is InChI=1S/C11H8N2/c1-3-8-7-9-4-2-6-12-11(9)13-10(8)5-1/h1-6H,7H2. The molecule has 2 heteroatoms. The monoisotopic (exact) mass is 168 g/mol. The number of allylic oxidation sites excluding steroid dienone is 4. The molecule has 0 atom stereocenters. The molecule has 0 bridgehead atoms. The van der Waals surface area contributed by atoms with Crippen LogP contribution in [0, 0.1) is 0 Å². The SMILES string of the molecule is C1=CC2=Nc3ncccc3CC2=C1. The van der Waals surface area contributed by atoms with Gasteiger partial charge in [-0.2, -0.15) is 0 Å². The van der Waals surface area contributed by atoms with Gasteiger partial charge in [0.15, 0.2) is 5.82 Å². The lowest BCUT2D eigenvalue weighted by molar-refractivity contribution is 1.12. The van der Waals surface area contributed by atoms with Crippen LogP contribution in [0.25, 0.3) is 0 Å². The third-order valence-electron chi connectivity index (χ3n) is 2.36. The van der Waals surface area contributed by atoms with E-state index in [1.165, 1.54) is 11.1 Å². The van der Waals surface area contributed by atoms with Crippen LogP contribution in [0.4, 0.5) is 5.82 Å². The maximum atomic E-state index is 4.46. The number of nitrogens with zero attached hydrogens (tertiary/aromatic N) is 2. The van der Waals surface area contributed by atoms with Crippen molar-refractivity contribution in [3.05, 3.63) is 47.7 Å². The fraction of sp³-hybridized carbons (Fsp3) is 0.0909. The highest BCUT2D eigenvalue weighted by Crippen LogP contribution is 2.28. The molecule has 0 radical (unpaired) electrons. The third-order valence-corrected chi connectivity index (χ3v) is 2.36. The molecule has 0 saturated heterocycles. The fourth-order valence-electron chi connectivity index (χ4n) is 1.69. The third kappa shape index (κ3) is 0.952. The Morgan fingerprint density at radius 2 is 2.31 bits per heavy atom. The van der Waals surface area contributed by atoms with Gasteiger partial charge < -0.3 is 0 Å². The first-order valence-corrected chi connectivity index (χ1v) is 4.34. The van der Waals surface area contributed by atoms with Crippen LogP contribution >= 0.6 is 0 Å². The van der Waals surface area contributed by atoms with Crippen molar-refractivity contribution < 1.29 is 0 Å². The van der Waals surface area contributed by atoms with Crippen molar-refractivity contribution in [3.63, 3.8) is 0 Å². The van der Waals surface area contributed by atoms with Gasteiger partial charge in [0, 0.05) is 18.2 Å². The Kier molecular flexibility index (Phi) is 1.25. The average Bonchev–Trinajstić information content (AvgIpc) is 2.61. The molecule has 1 aliphatic heterocycles. The molecule has 1 aromatic rings. The van der Waals surface area contributed by atoms with Crippen LogP contribution < -0.4 is 0 Å². The van der Waals surface area contributed by atoms with Crippen molar-refractivity contribution in [3.8, 4) is 0 Å². The summed E-state index contributed by atoms with van der Waals surface area (Å²) in [5, 5.41) is 0. The second-order valence-corrected chi connectivity index (χ2v) is 3.21. The summed E-state index contributed by atoms with van der Waals surface area (Å²) < 4.78 is 0. The molecular weight excluding hydrogens is 160 g/mol. The van der Waals surface area contributed by atoms with Crippen molar-refractivity contribution in [2.24, 2.45) is 4.99 Å². The van der Waals surface area contributed by atoms with Crippen molar-refractivity contribution in [1.29, 1.82) is 0 Å². The minimum absolute atomic E-state index is 0.876. The second kappa shape index (κ2) is 2.39. The van der Waals surface area contributed by atoms with Gasteiger partial charge in [0.05, 0.1) is 5.71 Å². The van der Waals surface area contributed by atoms with Gasteiger partial charge in [0.2, 0.25) is 0 Å². The van der Waals surface area contributed by atoms with Gasteiger partial charge in [-0.1, -0.05) is 18.2 Å². The van der Waals surface area contributed by atoms with Gasteiger partial charge in [0.1, 0.15) is 0 Å². The summed E-state index contributed by atoms with van der Waals surface area (Å²) in [6, 6.07) is 4.05. The van der Waals surface area contributed by atoms with Gasteiger partial charge >= 0.3 is 0 Å². The summed E-state index contributed by atoms with van der Waals surface area (Å²) in [6.07, 6.45) is 8.95. The van der Waals surface area contributed by atoms with E-state index in [1.54, 1.807) is 6.20 Å². The van der Waals surface area contributed by atoms with E-state index in [9.17, 15) is 0 Å². The Morgan fingerprint density at radius 3 is 3.31 bits per heavy atom. The van der Waals surface area contributed by atoms with E-state index in [1.807, 2.05) is 18.2 Å². The summed E-state index contributed by atoms with van der Waals surface area (Å²) in [7, 11) is 0. The molecule has 3 rings (SSSR count). The molecule has 0 fully saturated rings. The zero-order valence-electron chi connectivity index (χ0n) is 7.07. The average molecular weight is 168 g/mol. The molecule has 1 aromatic heterocycles. The van der Waals surface area contributed by atoms with Gasteiger partial charge in [0.25, 0.3) is 0 Å². The highest BCUT2D eigenvalue weighted by atomic mass is 14.9. The van der Waals surface area contributed by atoms with Crippen LogP contribution in [0.3, 0.4) is 0 Å². The predicted octanol–water partition coefficient (Wildman–Crippen LogP) is 2.21. The van der Waals surface area contributed by atoms with Gasteiger partial charge in [-0.05, 0) is 17.7 Å². The Bertz CT molecular complexity index is 453. The summed E-state index contributed by atoms with van der Waals surface area (Å²) in [6.45, 7) is 0. The minimum atomic E-state index is 0.876. The zero-order valence-corrected chi connectivity index (χ0v) is 7.07. The summed E-state index contributed by atoms with van der Waals surface area (Å²) in [4.78, 5) is 8.69. The number of hydrogen-bond acceptors (Lipinski definition) is 2. The van der Waals surface area contributed by atoms with Crippen LogP contribution in [-0.4, -0.2) is 10.7 Å². The fourth-order valence-corrected chi connectivity index (χ4v) is 1.69. The maximum Gasteiger partial charge on any atom is 0.155 e. The molecule has 0 N–H and O–H groups in total. The van der Waals surface area contributed by atoms with Crippen LogP contribution in [-0.2, 0) is 6.42 Å². The van der Waals surface area contributed by atoms with E-state index >= 15 is 0 Å². The van der Waals surface area contributed by atoms with Crippen molar-refractivity contribution in [1.82, 2.24) is 4.98 Å². The van der Waals surface area contributed by atoms with Gasteiger partial charge in [-0.15, -0.1) is 0 Å². The molecule has 2 heterocycles. The maximum absolute atomic E-state index is 4.46. The number of fused-ring (bicyclic) bond motifs is 2. The Balaban J connectivity index is 2.21. The van der Waals surface area contributed by atoms with Gasteiger partial charge in [-0.25, -0.2) is 9.98 Å². The summed E-state index contributed by atoms with van der Waals surface area (Å²) in [5.74, 6) is 0.876. The van der Waals surface area contributed by atoms with E-state index in [0.717, 1.165) is 18.0 Å². The molecule has 0 saturated carbocycles. The highest BCUT2D eigenvalue weighted by Gasteiger charge is 2.17. The second-order valence-electron chi connectivity index (χ2n) is 3.21. The lowest BCUT2D eigenvalue weighted by atomic mass is 10.0. The number of hydrogen-bond donors (Lipinski definition) is 0. The summed E-state index contributed by atoms with van der Waals surface area (Å²) in [5.41, 5.74) is 3.60. The van der Waals surface area contributed by atoms with Crippen molar-refractivity contribution in [2.75, 3.05) is 0 Å². The van der Waals surface area contributed by atoms with Crippen LogP contribution in [0.5, 0.6) is 0 Å². The Labute approximate surface area is 76.3 Å². The molecule has 2 aliphatic rings. The van der Waals surface area contributed by atoms with E-state index in [0.29, 0.717) is 0 Å². The first-order valence-electron chi connectivity index (χ1n) is 4.34. The lowest BCUT2D eigenvalue weighted by Gasteiger charge is -2.12. The number of aromatic nitrogens is 1. The quantitative estimate of drug-likeness (QED) is 0.583. The predicted molar refractivity (Wildman–Crippen MR) is 52.3 cm³/mol. The van der Waals surface area contributed by atoms with E-state index in [2.05, 4.69) is 22.1 Å². The van der Waals surface area contributed by atoms with Crippen LogP contribution in [0.1, 0.15) is 5.56 Å². The first-order chi connectivity index (χ1) is 6.43. The topological polar surface area (TPSA) is 25.2 Å². The molecular formula is C11H8N2. The Hall–Kier alpha value is -1.70. The first kappa shape index (κ1) is 6.78. The molecule has 62 valence electrons. The Morgan fingerprint density at radius 1 is 1.31 bits per heavy atom. The molecule has 0 aromatic carbocycles. The lowest BCUT2D eigenvalue weighted by Crippen LogP contribution is -2.05. The highest BCUT2D eigenvalue weighted by molar-refractivity contribution is 6.13. The molecule has 1 aliphatic carbocycles. The van der Waals surface area contributed by atoms with E-state index < -0.39 is 0 Å². The molecule has 0 spiro atoms. The van der Waals surface area contributed by atoms with Gasteiger partial charge in [-0.3, -0.25) is 0 Å². The molecule has 13 heavy (non-hydrogen) atoms. The number of pyridine rings is 1. The number of aliphatic imine (C=N–C) groups is 1.